The molecule has 24 heavy (non-hydrogen) atoms. The third-order valence-electron chi connectivity index (χ3n) is 2.59. The molecule has 0 unspecified atom stereocenters. The molecule has 2 amide bonds. The standard InChI is InChI=1S/C16H17NO7/c1-3-23-14(19)8-9-15(20)24-10-13(18)17-16(21)11-6-4-5-7-12(11)22-2/h4-9H,3,10H2,1-2H3,(H,17,18,21)/b9-8+. The summed E-state index contributed by atoms with van der Waals surface area (Å²) in [4.78, 5) is 45.9. The van der Waals surface area contributed by atoms with Crippen molar-refractivity contribution in [1.29, 1.82) is 0 Å². The predicted molar refractivity (Wildman–Crippen MR) is 82.2 cm³/mol. The third-order valence-corrected chi connectivity index (χ3v) is 2.59. The van der Waals surface area contributed by atoms with E-state index in [1.165, 1.54) is 13.2 Å². The van der Waals surface area contributed by atoms with Crippen LogP contribution in [0.3, 0.4) is 0 Å². The summed E-state index contributed by atoms with van der Waals surface area (Å²) >= 11 is 0. The maximum atomic E-state index is 11.9. The minimum absolute atomic E-state index is 0.168. The van der Waals surface area contributed by atoms with E-state index in [0.717, 1.165) is 12.2 Å². The van der Waals surface area contributed by atoms with E-state index < -0.39 is 30.4 Å². The van der Waals surface area contributed by atoms with Crippen LogP contribution in [0.2, 0.25) is 0 Å². The summed E-state index contributed by atoms with van der Waals surface area (Å²) in [5, 5.41) is 2.06. The molecule has 0 saturated heterocycles. The molecule has 0 aliphatic carbocycles. The first kappa shape index (κ1) is 18.9. The number of imide groups is 1. The molecule has 0 aliphatic heterocycles. The number of rotatable bonds is 7. The Morgan fingerprint density at radius 3 is 2.29 bits per heavy atom. The van der Waals surface area contributed by atoms with Gasteiger partial charge in [-0.3, -0.25) is 14.9 Å². The topological polar surface area (TPSA) is 108 Å². The third kappa shape index (κ3) is 6.30. The molecule has 1 aromatic carbocycles. The normalized spacial score (nSPS) is 10.1. The van der Waals surface area contributed by atoms with Crippen molar-refractivity contribution < 1.29 is 33.4 Å². The maximum Gasteiger partial charge on any atom is 0.331 e. The van der Waals surface area contributed by atoms with Crippen LogP contribution in [-0.4, -0.2) is 44.1 Å². The summed E-state index contributed by atoms with van der Waals surface area (Å²) in [6, 6.07) is 6.34. The number of nitrogens with one attached hydrogen (secondary N) is 1. The van der Waals surface area contributed by atoms with Gasteiger partial charge in [0.1, 0.15) is 5.75 Å². The summed E-state index contributed by atoms with van der Waals surface area (Å²) in [5.41, 5.74) is 0.168. The first-order valence-corrected chi connectivity index (χ1v) is 6.96. The van der Waals surface area contributed by atoms with Crippen LogP contribution in [0.5, 0.6) is 5.75 Å². The van der Waals surface area contributed by atoms with Gasteiger partial charge < -0.3 is 14.2 Å². The summed E-state index contributed by atoms with van der Waals surface area (Å²) in [6.07, 6.45) is 1.71. The molecule has 1 aromatic rings. The SMILES string of the molecule is CCOC(=O)/C=C/C(=O)OCC(=O)NC(=O)c1ccccc1OC. The Labute approximate surface area is 138 Å². The molecule has 0 spiro atoms. The number of carbonyl (C=O) groups excluding carboxylic acids is 4. The van der Waals surface area contributed by atoms with E-state index in [0.29, 0.717) is 5.75 Å². The van der Waals surface area contributed by atoms with Crippen LogP contribution in [-0.2, 0) is 23.9 Å². The minimum Gasteiger partial charge on any atom is -0.496 e. The van der Waals surface area contributed by atoms with Crippen molar-refractivity contribution in [3.05, 3.63) is 42.0 Å². The maximum absolute atomic E-state index is 11.9. The largest absolute Gasteiger partial charge is 0.496 e. The van der Waals surface area contributed by atoms with E-state index >= 15 is 0 Å². The lowest BCUT2D eigenvalue weighted by Crippen LogP contribution is -2.34. The lowest BCUT2D eigenvalue weighted by Gasteiger charge is -2.08. The molecular formula is C16H17NO7. The number of hydrogen-bond acceptors (Lipinski definition) is 7. The molecule has 0 fully saturated rings. The van der Waals surface area contributed by atoms with Crippen molar-refractivity contribution in [2.45, 2.75) is 6.92 Å². The highest BCUT2D eigenvalue weighted by Gasteiger charge is 2.15. The molecule has 0 aromatic heterocycles. The monoisotopic (exact) mass is 335 g/mol. The summed E-state index contributed by atoms with van der Waals surface area (Å²) in [6.45, 7) is 1.12. The van der Waals surface area contributed by atoms with Gasteiger partial charge in [0, 0.05) is 12.2 Å². The Morgan fingerprint density at radius 2 is 1.67 bits per heavy atom. The van der Waals surface area contributed by atoms with Crippen LogP contribution in [0, 0.1) is 0 Å². The fourth-order valence-corrected chi connectivity index (χ4v) is 1.57. The van der Waals surface area contributed by atoms with Crippen molar-refractivity contribution in [3.8, 4) is 5.75 Å². The first-order valence-electron chi connectivity index (χ1n) is 6.96. The van der Waals surface area contributed by atoms with Crippen LogP contribution in [0.15, 0.2) is 36.4 Å². The summed E-state index contributed by atoms with van der Waals surface area (Å²) in [5.74, 6) is -2.82. The lowest BCUT2D eigenvalue weighted by atomic mass is 10.2. The number of ether oxygens (including phenoxy) is 3. The fourth-order valence-electron chi connectivity index (χ4n) is 1.57. The van der Waals surface area contributed by atoms with Gasteiger partial charge in [0.05, 0.1) is 19.3 Å². The van der Waals surface area contributed by atoms with Gasteiger partial charge in [-0.1, -0.05) is 12.1 Å². The second kappa shape index (κ2) is 9.78. The highest BCUT2D eigenvalue weighted by atomic mass is 16.5. The molecule has 0 radical (unpaired) electrons. The van der Waals surface area contributed by atoms with E-state index in [2.05, 4.69) is 14.8 Å². The number of hydrogen-bond donors (Lipinski definition) is 1. The van der Waals surface area contributed by atoms with Gasteiger partial charge >= 0.3 is 11.9 Å². The predicted octanol–water partition coefficient (Wildman–Crippen LogP) is 0.614. The van der Waals surface area contributed by atoms with E-state index in [-0.39, 0.29) is 12.2 Å². The molecule has 0 aliphatic rings. The fraction of sp³-hybridized carbons (Fsp3) is 0.250. The van der Waals surface area contributed by atoms with E-state index in [1.54, 1.807) is 25.1 Å². The summed E-state index contributed by atoms with van der Waals surface area (Å²) < 4.78 is 14.2. The van der Waals surface area contributed by atoms with Crippen LogP contribution < -0.4 is 10.1 Å². The van der Waals surface area contributed by atoms with E-state index in [1.807, 2.05) is 0 Å². The molecule has 0 atom stereocenters. The van der Waals surface area contributed by atoms with Gasteiger partial charge in [0.25, 0.3) is 11.8 Å². The lowest BCUT2D eigenvalue weighted by molar-refractivity contribution is -0.144. The van der Waals surface area contributed by atoms with Crippen LogP contribution >= 0.6 is 0 Å². The molecule has 0 heterocycles. The number of methoxy groups -OCH3 is 1. The van der Waals surface area contributed by atoms with Crippen molar-refractivity contribution in [1.82, 2.24) is 5.32 Å². The highest BCUT2D eigenvalue weighted by molar-refractivity contribution is 6.06. The van der Waals surface area contributed by atoms with Crippen LogP contribution in [0.1, 0.15) is 17.3 Å². The van der Waals surface area contributed by atoms with Crippen molar-refractivity contribution in [3.63, 3.8) is 0 Å². The Balaban J connectivity index is 2.47. The molecule has 8 heteroatoms. The van der Waals surface area contributed by atoms with Gasteiger partial charge in [-0.05, 0) is 19.1 Å². The van der Waals surface area contributed by atoms with Crippen molar-refractivity contribution in [2.75, 3.05) is 20.3 Å². The van der Waals surface area contributed by atoms with Gasteiger partial charge in [0.2, 0.25) is 0 Å². The minimum atomic E-state index is -0.914. The zero-order chi connectivity index (χ0) is 17.9. The van der Waals surface area contributed by atoms with Gasteiger partial charge in [0.15, 0.2) is 6.61 Å². The smallest absolute Gasteiger partial charge is 0.331 e. The Kier molecular flexibility index (Phi) is 7.69. The number of esters is 2. The first-order chi connectivity index (χ1) is 11.5. The van der Waals surface area contributed by atoms with E-state index in [9.17, 15) is 19.2 Å². The summed E-state index contributed by atoms with van der Waals surface area (Å²) in [7, 11) is 1.39. The number of benzene rings is 1. The van der Waals surface area contributed by atoms with E-state index in [4.69, 9.17) is 4.74 Å². The highest BCUT2D eigenvalue weighted by Crippen LogP contribution is 2.16. The molecule has 0 bridgehead atoms. The van der Waals surface area contributed by atoms with Crippen molar-refractivity contribution in [2.24, 2.45) is 0 Å². The zero-order valence-electron chi connectivity index (χ0n) is 13.2. The average Bonchev–Trinajstić information content (AvgIpc) is 2.58. The molecule has 1 N–H and O–H groups in total. The second-order valence-corrected chi connectivity index (χ2v) is 4.27. The molecule has 1 rings (SSSR count). The number of carbonyl (C=O) groups is 4. The molecule has 0 saturated carbocycles. The number of amides is 2. The molecule has 128 valence electrons. The molecular weight excluding hydrogens is 318 g/mol. The zero-order valence-corrected chi connectivity index (χ0v) is 13.2. The Hall–Kier alpha value is -3.16. The Bertz CT molecular complexity index is 652. The van der Waals surface area contributed by atoms with Gasteiger partial charge in [-0.25, -0.2) is 9.59 Å². The average molecular weight is 335 g/mol. The van der Waals surface area contributed by atoms with Gasteiger partial charge in [-0.2, -0.15) is 0 Å². The van der Waals surface area contributed by atoms with Gasteiger partial charge in [-0.15, -0.1) is 0 Å². The number of para-hydroxylation sites is 1. The van der Waals surface area contributed by atoms with Crippen molar-refractivity contribution >= 4 is 23.8 Å². The Morgan fingerprint density at radius 1 is 1.04 bits per heavy atom. The van der Waals surface area contributed by atoms with Crippen LogP contribution in [0.4, 0.5) is 0 Å². The molecule has 8 nitrogen and oxygen atoms in total. The quantitative estimate of drug-likeness (QED) is 0.574. The van der Waals surface area contributed by atoms with Crippen LogP contribution in [0.25, 0.3) is 0 Å². The second-order valence-electron chi connectivity index (χ2n) is 4.27.